The Labute approximate surface area is 178 Å². The van der Waals surface area contributed by atoms with Gasteiger partial charge in [0.05, 0.1) is 6.10 Å². The van der Waals surface area contributed by atoms with E-state index >= 15 is 0 Å². The van der Waals surface area contributed by atoms with E-state index in [0.717, 1.165) is 64.2 Å². The largest absolute Gasteiger partial charge is 0.378 e. The summed E-state index contributed by atoms with van der Waals surface area (Å²) in [4.78, 5) is 19.1. The summed E-state index contributed by atoms with van der Waals surface area (Å²) in [7, 11) is 1.84. The first kappa shape index (κ1) is 24.0. The lowest BCUT2D eigenvalue weighted by Gasteiger charge is -2.52. The molecule has 0 aromatic heterocycles. The van der Waals surface area contributed by atoms with E-state index in [2.05, 4.69) is 55.1 Å². The summed E-state index contributed by atoms with van der Waals surface area (Å²) in [5.41, 5.74) is 0.108. The van der Waals surface area contributed by atoms with Crippen LogP contribution in [0.4, 0.5) is 0 Å². The topological polar surface area (TPSA) is 66.0 Å². The molecule has 2 unspecified atom stereocenters. The molecule has 1 saturated carbocycles. The summed E-state index contributed by atoms with van der Waals surface area (Å²) in [6, 6.07) is 0.739. The average molecular weight is 409 g/mol. The van der Waals surface area contributed by atoms with Gasteiger partial charge in [-0.05, 0) is 38.5 Å². The van der Waals surface area contributed by atoms with Gasteiger partial charge < -0.3 is 20.3 Å². The van der Waals surface area contributed by atoms with Crippen LogP contribution in [-0.4, -0.2) is 61.7 Å². The molecule has 2 rings (SSSR count). The smallest absolute Gasteiger partial charge is 0.225 e. The van der Waals surface area contributed by atoms with E-state index in [1.54, 1.807) is 0 Å². The fourth-order valence-electron chi connectivity index (χ4n) is 4.45. The lowest BCUT2D eigenvalue weighted by atomic mass is 9.64. The predicted octanol–water partition coefficient (Wildman–Crippen LogP) is 3.56. The molecule has 0 aromatic rings. The normalized spacial score (nSPS) is 25.1. The van der Waals surface area contributed by atoms with Crippen LogP contribution in [0.5, 0.6) is 0 Å². The summed E-state index contributed by atoms with van der Waals surface area (Å²) in [5, 5.41) is 7.20. The highest BCUT2D eigenvalue weighted by Gasteiger charge is 2.49. The average Bonchev–Trinajstić information content (AvgIpc) is 2.72. The summed E-state index contributed by atoms with van der Waals surface area (Å²) in [6.07, 6.45) is 7.48. The zero-order chi connectivity index (χ0) is 21.4. The number of rotatable bonds is 9. The molecule has 2 N–H and O–H groups in total. The second kappa shape index (κ2) is 11.2. The van der Waals surface area contributed by atoms with Crippen molar-refractivity contribution in [1.82, 2.24) is 15.5 Å². The van der Waals surface area contributed by atoms with E-state index in [4.69, 9.17) is 4.74 Å². The fraction of sp³-hybridized carbons (Fsp3) is 0.913. The van der Waals surface area contributed by atoms with E-state index in [-0.39, 0.29) is 11.3 Å². The van der Waals surface area contributed by atoms with E-state index in [1.165, 1.54) is 6.42 Å². The number of amides is 1. The van der Waals surface area contributed by atoms with Gasteiger partial charge in [0.15, 0.2) is 5.96 Å². The maximum atomic E-state index is 12.6. The Balaban J connectivity index is 1.77. The third kappa shape index (κ3) is 6.09. The number of hydrogen-bond donors (Lipinski definition) is 2. The quantitative estimate of drug-likeness (QED) is 0.348. The number of hydrogen-bond acceptors (Lipinski definition) is 3. The van der Waals surface area contributed by atoms with Crippen LogP contribution in [0.2, 0.25) is 0 Å². The highest BCUT2D eigenvalue weighted by atomic mass is 16.5. The molecule has 1 heterocycles. The van der Waals surface area contributed by atoms with Gasteiger partial charge in [0.1, 0.15) is 0 Å². The van der Waals surface area contributed by atoms with Gasteiger partial charge in [-0.15, -0.1) is 0 Å². The maximum Gasteiger partial charge on any atom is 0.225 e. The second-order valence-electron chi connectivity index (χ2n) is 9.30. The molecular formula is C23H44N4O2. The molecule has 0 aromatic carbocycles. The lowest BCUT2D eigenvalue weighted by molar-refractivity contribution is -0.136. The fourth-order valence-corrected chi connectivity index (χ4v) is 4.45. The first-order chi connectivity index (χ1) is 13.9. The first-order valence-electron chi connectivity index (χ1n) is 11.8. The monoisotopic (exact) mass is 408 g/mol. The number of carbonyl (C=O) groups is 1. The van der Waals surface area contributed by atoms with Crippen molar-refractivity contribution in [2.45, 2.75) is 97.8 Å². The van der Waals surface area contributed by atoms with Crippen molar-refractivity contribution in [2.75, 3.05) is 26.7 Å². The molecule has 29 heavy (non-hydrogen) atoms. The number of nitrogens with zero attached hydrogens (tertiary/aromatic N) is 2. The van der Waals surface area contributed by atoms with Crippen LogP contribution in [0.3, 0.4) is 0 Å². The molecule has 2 atom stereocenters. The molecule has 1 aliphatic heterocycles. The molecule has 6 nitrogen and oxygen atoms in total. The Morgan fingerprint density at radius 1 is 1.17 bits per heavy atom. The number of likely N-dealkylation sites (tertiary alicyclic amines) is 1. The SMILES string of the molecule is CCCCOC1CC(NC(=NC)NC2CCN(C(=O)C(CC)CC)CC2)C1(C)C. The third-order valence-corrected chi connectivity index (χ3v) is 7.01. The van der Waals surface area contributed by atoms with Gasteiger partial charge in [-0.1, -0.05) is 41.0 Å². The highest BCUT2D eigenvalue weighted by Crippen LogP contribution is 2.42. The van der Waals surface area contributed by atoms with Gasteiger partial charge in [-0.3, -0.25) is 9.79 Å². The lowest BCUT2D eigenvalue weighted by Crippen LogP contribution is -2.64. The van der Waals surface area contributed by atoms with E-state index in [0.29, 0.717) is 24.1 Å². The van der Waals surface area contributed by atoms with Crippen LogP contribution < -0.4 is 10.6 Å². The molecule has 0 radical (unpaired) electrons. The summed E-state index contributed by atoms with van der Waals surface area (Å²) in [5.74, 6) is 1.39. The Morgan fingerprint density at radius 3 is 2.34 bits per heavy atom. The predicted molar refractivity (Wildman–Crippen MR) is 120 cm³/mol. The molecule has 0 bridgehead atoms. The first-order valence-corrected chi connectivity index (χ1v) is 11.8. The Kier molecular flexibility index (Phi) is 9.25. The van der Waals surface area contributed by atoms with Gasteiger partial charge >= 0.3 is 0 Å². The van der Waals surface area contributed by atoms with Crippen LogP contribution in [-0.2, 0) is 9.53 Å². The number of aliphatic imine (C=N–C) groups is 1. The highest BCUT2D eigenvalue weighted by molar-refractivity contribution is 5.81. The van der Waals surface area contributed by atoms with E-state index < -0.39 is 0 Å². The molecule has 1 aliphatic carbocycles. The van der Waals surface area contributed by atoms with Crippen molar-refractivity contribution < 1.29 is 9.53 Å². The van der Waals surface area contributed by atoms with Crippen LogP contribution in [0.25, 0.3) is 0 Å². The van der Waals surface area contributed by atoms with Gasteiger partial charge in [-0.2, -0.15) is 0 Å². The zero-order valence-electron chi connectivity index (χ0n) is 19.6. The van der Waals surface area contributed by atoms with Gasteiger partial charge in [0, 0.05) is 50.2 Å². The molecule has 2 aliphatic rings. The molecular weight excluding hydrogens is 364 g/mol. The van der Waals surface area contributed by atoms with E-state index in [1.807, 2.05) is 7.05 Å². The van der Waals surface area contributed by atoms with Crippen molar-refractivity contribution in [1.29, 1.82) is 0 Å². The molecule has 6 heteroatoms. The van der Waals surface area contributed by atoms with Crippen molar-refractivity contribution in [3.8, 4) is 0 Å². The van der Waals surface area contributed by atoms with Crippen molar-refractivity contribution in [2.24, 2.45) is 16.3 Å². The minimum atomic E-state index is 0.108. The molecule has 168 valence electrons. The van der Waals surface area contributed by atoms with Gasteiger partial charge in [0.2, 0.25) is 5.91 Å². The van der Waals surface area contributed by atoms with Crippen molar-refractivity contribution in [3.63, 3.8) is 0 Å². The van der Waals surface area contributed by atoms with Crippen LogP contribution >= 0.6 is 0 Å². The minimum absolute atomic E-state index is 0.108. The Morgan fingerprint density at radius 2 is 1.83 bits per heavy atom. The van der Waals surface area contributed by atoms with Crippen molar-refractivity contribution in [3.05, 3.63) is 0 Å². The van der Waals surface area contributed by atoms with Crippen LogP contribution in [0.15, 0.2) is 4.99 Å². The Bertz CT molecular complexity index is 537. The standard InChI is InChI=1S/C23H44N4O2/c1-7-10-15-29-20-16-19(23(20,4)5)26-22(24-6)25-18-11-13-27(14-12-18)21(28)17(8-2)9-3/h17-20H,7-16H2,1-6H3,(H2,24,25,26). The minimum Gasteiger partial charge on any atom is -0.378 e. The summed E-state index contributed by atoms with van der Waals surface area (Å²) in [6.45, 7) is 13.5. The molecule has 2 fully saturated rings. The van der Waals surface area contributed by atoms with Gasteiger partial charge in [-0.25, -0.2) is 0 Å². The number of guanidine groups is 1. The third-order valence-electron chi connectivity index (χ3n) is 7.01. The van der Waals surface area contributed by atoms with E-state index in [9.17, 15) is 4.79 Å². The number of unbranched alkanes of at least 4 members (excludes halogenated alkanes) is 1. The second-order valence-corrected chi connectivity index (χ2v) is 9.30. The number of nitrogens with one attached hydrogen (secondary N) is 2. The Hall–Kier alpha value is -1.30. The van der Waals surface area contributed by atoms with Crippen LogP contribution in [0.1, 0.15) is 79.6 Å². The zero-order valence-corrected chi connectivity index (χ0v) is 19.6. The van der Waals surface area contributed by atoms with Gasteiger partial charge in [0.25, 0.3) is 0 Å². The van der Waals surface area contributed by atoms with Crippen molar-refractivity contribution >= 4 is 11.9 Å². The van der Waals surface area contributed by atoms with Crippen LogP contribution in [0, 0.1) is 11.3 Å². The summed E-state index contributed by atoms with van der Waals surface area (Å²) < 4.78 is 6.06. The molecule has 1 amide bonds. The molecule has 0 spiro atoms. The maximum absolute atomic E-state index is 12.6. The number of piperidine rings is 1. The molecule has 1 saturated heterocycles. The summed E-state index contributed by atoms with van der Waals surface area (Å²) >= 11 is 0. The number of ether oxygens (including phenoxy) is 1. The number of carbonyl (C=O) groups excluding carboxylic acids is 1.